The predicted octanol–water partition coefficient (Wildman–Crippen LogP) is 3.46. The molecule has 0 atom stereocenters. The van der Waals surface area contributed by atoms with E-state index in [9.17, 15) is 15.0 Å². The zero-order valence-corrected chi connectivity index (χ0v) is 11.6. The summed E-state index contributed by atoms with van der Waals surface area (Å²) in [6, 6.07) is 9.48. The third kappa shape index (κ3) is 2.39. The Kier molecular flexibility index (Phi) is 3.30. The van der Waals surface area contributed by atoms with Crippen molar-refractivity contribution in [1.29, 1.82) is 0 Å². The van der Waals surface area contributed by atoms with Crippen molar-refractivity contribution >= 4 is 23.1 Å². The summed E-state index contributed by atoms with van der Waals surface area (Å²) in [5.74, 6) is -0.506. The number of rotatable bonds is 3. The van der Waals surface area contributed by atoms with E-state index in [0.717, 1.165) is 0 Å². The molecule has 110 valence electrons. The Morgan fingerprint density at radius 1 is 1.23 bits per heavy atom. The molecule has 0 unspecified atom stereocenters. The second-order valence-electron chi connectivity index (χ2n) is 4.66. The number of phenols is 1. The maximum atomic E-state index is 11.2. The first-order valence-electron chi connectivity index (χ1n) is 6.48. The molecule has 0 spiro atoms. The quantitative estimate of drug-likeness (QED) is 0.723. The number of phenolic OH excluding ortho intramolecular Hbond substituents is 1. The molecule has 0 bridgehead atoms. The van der Waals surface area contributed by atoms with Crippen molar-refractivity contribution in [1.82, 2.24) is 9.38 Å². The highest BCUT2D eigenvalue weighted by Crippen LogP contribution is 2.26. The van der Waals surface area contributed by atoms with E-state index < -0.39 is 5.97 Å². The number of aryl methyl sites for hydroxylation is 1. The van der Waals surface area contributed by atoms with Gasteiger partial charge in [0.1, 0.15) is 11.3 Å². The highest BCUT2D eigenvalue weighted by Gasteiger charge is 2.15. The van der Waals surface area contributed by atoms with Gasteiger partial charge in [0.05, 0.1) is 11.4 Å². The summed E-state index contributed by atoms with van der Waals surface area (Å²) in [6.07, 6.45) is 1.68. The summed E-state index contributed by atoms with van der Waals surface area (Å²) in [4.78, 5) is 15.5. The Morgan fingerprint density at radius 2 is 2.05 bits per heavy atom. The van der Waals surface area contributed by atoms with Crippen LogP contribution in [0.15, 0.2) is 52.8 Å². The summed E-state index contributed by atoms with van der Waals surface area (Å²) < 4.78 is 1.57. The van der Waals surface area contributed by atoms with Crippen LogP contribution in [0.2, 0.25) is 0 Å². The summed E-state index contributed by atoms with van der Waals surface area (Å²) in [5.41, 5.74) is 1.48. The van der Waals surface area contributed by atoms with Crippen LogP contribution in [0.25, 0.3) is 5.65 Å². The average molecular weight is 296 g/mol. The number of carboxylic acid groups (broad SMARTS) is 1. The Balaban J connectivity index is 2.10. The second kappa shape index (κ2) is 5.28. The van der Waals surface area contributed by atoms with Crippen molar-refractivity contribution in [3.05, 3.63) is 53.9 Å². The fraction of sp³-hybridized carbons (Fsp3) is 0.0667. The number of pyridine rings is 1. The molecular weight excluding hydrogens is 284 g/mol. The minimum Gasteiger partial charge on any atom is -0.508 e. The average Bonchev–Trinajstić information content (AvgIpc) is 2.80. The molecule has 0 aliphatic rings. The lowest BCUT2D eigenvalue weighted by Crippen LogP contribution is -1.99. The molecule has 0 radical (unpaired) electrons. The number of aromatic nitrogens is 2. The number of imidazole rings is 1. The number of carbonyl (C=O) groups is 1. The van der Waals surface area contributed by atoms with E-state index in [-0.39, 0.29) is 11.3 Å². The van der Waals surface area contributed by atoms with Crippen molar-refractivity contribution in [2.24, 2.45) is 10.2 Å². The van der Waals surface area contributed by atoms with Crippen LogP contribution in [0.5, 0.6) is 5.75 Å². The molecular formula is C15H12N4O3. The molecule has 0 fully saturated rings. The van der Waals surface area contributed by atoms with Gasteiger partial charge in [0.15, 0.2) is 11.5 Å². The van der Waals surface area contributed by atoms with Crippen LogP contribution >= 0.6 is 0 Å². The summed E-state index contributed by atoms with van der Waals surface area (Å²) >= 11 is 0. The molecule has 2 heterocycles. The number of fused-ring (bicyclic) bond motifs is 1. The van der Waals surface area contributed by atoms with E-state index in [1.807, 2.05) is 0 Å². The van der Waals surface area contributed by atoms with Gasteiger partial charge in [-0.15, -0.1) is 10.2 Å². The van der Waals surface area contributed by atoms with E-state index >= 15 is 0 Å². The van der Waals surface area contributed by atoms with E-state index in [0.29, 0.717) is 22.8 Å². The third-order valence-electron chi connectivity index (χ3n) is 3.11. The van der Waals surface area contributed by atoms with E-state index in [1.165, 1.54) is 18.2 Å². The van der Waals surface area contributed by atoms with Crippen LogP contribution in [-0.4, -0.2) is 25.6 Å². The zero-order chi connectivity index (χ0) is 15.7. The summed E-state index contributed by atoms with van der Waals surface area (Å²) in [7, 11) is 0. The van der Waals surface area contributed by atoms with Gasteiger partial charge >= 0.3 is 5.97 Å². The van der Waals surface area contributed by atoms with Gasteiger partial charge in [-0.05, 0) is 31.2 Å². The molecule has 0 saturated heterocycles. The van der Waals surface area contributed by atoms with Crippen molar-refractivity contribution in [3.8, 4) is 5.75 Å². The van der Waals surface area contributed by atoms with Crippen molar-refractivity contribution in [3.63, 3.8) is 0 Å². The molecule has 0 amide bonds. The van der Waals surface area contributed by atoms with Crippen molar-refractivity contribution < 1.29 is 15.0 Å². The smallest absolute Gasteiger partial charge is 0.339 e. The van der Waals surface area contributed by atoms with Gasteiger partial charge in [-0.2, -0.15) is 0 Å². The Morgan fingerprint density at radius 3 is 2.77 bits per heavy atom. The number of benzene rings is 1. The van der Waals surface area contributed by atoms with E-state index in [2.05, 4.69) is 15.2 Å². The molecule has 3 rings (SSSR count). The van der Waals surface area contributed by atoms with Gasteiger partial charge < -0.3 is 10.2 Å². The molecule has 2 aromatic heterocycles. The maximum absolute atomic E-state index is 11.2. The highest BCUT2D eigenvalue weighted by atomic mass is 16.4. The number of hydrogen-bond acceptors (Lipinski definition) is 5. The number of hydrogen-bond donors (Lipinski definition) is 2. The van der Waals surface area contributed by atoms with Gasteiger partial charge in [-0.25, -0.2) is 9.78 Å². The lowest BCUT2D eigenvalue weighted by molar-refractivity contribution is 0.0698. The normalized spacial score (nSPS) is 11.3. The van der Waals surface area contributed by atoms with Gasteiger partial charge in [-0.1, -0.05) is 6.07 Å². The fourth-order valence-electron chi connectivity index (χ4n) is 2.12. The number of carboxylic acids is 1. The van der Waals surface area contributed by atoms with Crippen LogP contribution < -0.4 is 0 Å². The first-order valence-corrected chi connectivity index (χ1v) is 6.48. The lowest BCUT2D eigenvalue weighted by Gasteiger charge is -1.99. The second-order valence-corrected chi connectivity index (χ2v) is 4.66. The Hall–Kier alpha value is -3.22. The molecule has 2 N–H and O–H groups in total. The van der Waals surface area contributed by atoms with E-state index in [4.69, 9.17) is 0 Å². The molecule has 7 heteroatoms. The molecule has 0 aliphatic heterocycles. The zero-order valence-electron chi connectivity index (χ0n) is 11.6. The lowest BCUT2D eigenvalue weighted by atomic mass is 10.3. The molecule has 0 saturated carbocycles. The van der Waals surface area contributed by atoms with E-state index in [1.54, 1.807) is 35.7 Å². The molecule has 0 aliphatic carbocycles. The first kappa shape index (κ1) is 13.7. The molecule has 3 aromatic rings. The van der Waals surface area contributed by atoms with Crippen molar-refractivity contribution in [2.75, 3.05) is 0 Å². The van der Waals surface area contributed by atoms with Crippen LogP contribution in [0.3, 0.4) is 0 Å². The topological polar surface area (TPSA) is 99.5 Å². The Labute approximate surface area is 125 Å². The largest absolute Gasteiger partial charge is 0.508 e. The van der Waals surface area contributed by atoms with Crippen LogP contribution in [0.1, 0.15) is 16.1 Å². The minimum absolute atomic E-state index is 0.0967. The van der Waals surface area contributed by atoms with Gasteiger partial charge in [0.25, 0.3) is 0 Å². The minimum atomic E-state index is -1.05. The van der Waals surface area contributed by atoms with Gasteiger partial charge in [0, 0.05) is 12.3 Å². The van der Waals surface area contributed by atoms with Gasteiger partial charge in [0.2, 0.25) is 0 Å². The fourth-order valence-corrected chi connectivity index (χ4v) is 2.12. The van der Waals surface area contributed by atoms with Crippen LogP contribution in [0, 0.1) is 6.92 Å². The standard InChI is InChI=1S/C15H12N4O3/c1-9-13(18-17-10-4-2-5-11(20)8-10)19-7-3-6-12(15(21)22)14(19)16-9/h2-8,20H,1H3,(H,21,22). The number of aromatic hydroxyl groups is 1. The number of azo groups is 1. The SMILES string of the molecule is Cc1nc2c(C(=O)O)cccn2c1N=Nc1cccc(O)c1. The van der Waals surface area contributed by atoms with Gasteiger partial charge in [-0.3, -0.25) is 4.40 Å². The molecule has 22 heavy (non-hydrogen) atoms. The van der Waals surface area contributed by atoms with Crippen LogP contribution in [-0.2, 0) is 0 Å². The number of nitrogens with zero attached hydrogens (tertiary/aromatic N) is 4. The van der Waals surface area contributed by atoms with Crippen LogP contribution in [0.4, 0.5) is 11.5 Å². The monoisotopic (exact) mass is 296 g/mol. The predicted molar refractivity (Wildman–Crippen MR) is 79.2 cm³/mol. The Bertz CT molecular complexity index is 899. The highest BCUT2D eigenvalue weighted by molar-refractivity contribution is 5.94. The molecule has 1 aromatic carbocycles. The van der Waals surface area contributed by atoms with Crippen molar-refractivity contribution in [2.45, 2.75) is 6.92 Å². The summed E-state index contributed by atoms with van der Waals surface area (Å²) in [5, 5.41) is 26.8. The third-order valence-corrected chi connectivity index (χ3v) is 3.11. The first-order chi connectivity index (χ1) is 10.6. The molecule has 7 nitrogen and oxygen atoms in total. The summed E-state index contributed by atoms with van der Waals surface area (Å²) in [6.45, 7) is 1.73. The maximum Gasteiger partial charge on any atom is 0.339 e. The number of aromatic carboxylic acids is 1.